The lowest BCUT2D eigenvalue weighted by molar-refractivity contribution is 0.209. The maximum atomic E-state index is 3.65. The predicted molar refractivity (Wildman–Crippen MR) is 94.0 cm³/mol. The Morgan fingerprint density at radius 1 is 1.05 bits per heavy atom. The number of benzene rings is 1. The molecule has 120 valence electrons. The quantitative estimate of drug-likeness (QED) is 0.699. The fourth-order valence-electron chi connectivity index (χ4n) is 2.92. The lowest BCUT2D eigenvalue weighted by Crippen LogP contribution is -2.47. The molecule has 21 heavy (non-hydrogen) atoms. The van der Waals surface area contributed by atoms with Gasteiger partial charge in [-0.1, -0.05) is 65.0 Å². The molecular weight excluding hydrogens is 256 g/mol. The summed E-state index contributed by atoms with van der Waals surface area (Å²) in [6, 6.07) is 11.5. The number of rotatable bonds is 10. The Bertz CT molecular complexity index is 368. The predicted octanol–water partition coefficient (Wildman–Crippen LogP) is 4.06. The van der Waals surface area contributed by atoms with Crippen LogP contribution in [-0.4, -0.2) is 37.1 Å². The SMILES string of the molecule is CCCN(CCC)CC(C)(CNC(C)C)c1ccccc1. The fourth-order valence-corrected chi connectivity index (χ4v) is 2.92. The average Bonchev–Trinajstić information content (AvgIpc) is 2.47. The van der Waals surface area contributed by atoms with Crippen LogP contribution in [0.15, 0.2) is 30.3 Å². The highest BCUT2D eigenvalue weighted by atomic mass is 15.1. The van der Waals surface area contributed by atoms with Crippen LogP contribution in [0.3, 0.4) is 0 Å². The van der Waals surface area contributed by atoms with Crippen molar-refractivity contribution in [2.24, 2.45) is 0 Å². The third kappa shape index (κ3) is 6.19. The fraction of sp³-hybridized carbons (Fsp3) is 0.684. The molecule has 1 aromatic rings. The van der Waals surface area contributed by atoms with Crippen LogP contribution in [0.5, 0.6) is 0 Å². The van der Waals surface area contributed by atoms with Gasteiger partial charge in [0, 0.05) is 24.5 Å². The third-order valence-electron chi connectivity index (χ3n) is 4.02. The van der Waals surface area contributed by atoms with E-state index in [2.05, 4.69) is 75.2 Å². The molecule has 0 aliphatic heterocycles. The molecule has 0 radical (unpaired) electrons. The molecule has 2 nitrogen and oxygen atoms in total. The van der Waals surface area contributed by atoms with Gasteiger partial charge in [0.2, 0.25) is 0 Å². The van der Waals surface area contributed by atoms with Gasteiger partial charge in [0.1, 0.15) is 0 Å². The van der Waals surface area contributed by atoms with Gasteiger partial charge in [-0.2, -0.15) is 0 Å². The molecular formula is C19H34N2. The standard InChI is InChI=1S/C19H34N2/c1-6-13-21(14-7-2)16-19(5,15-20-17(3)4)18-11-9-8-10-12-18/h8-12,17,20H,6-7,13-16H2,1-5H3. The maximum Gasteiger partial charge on any atom is 0.0177 e. The molecule has 0 heterocycles. The summed E-state index contributed by atoms with van der Waals surface area (Å²) < 4.78 is 0. The molecule has 0 spiro atoms. The first-order valence-electron chi connectivity index (χ1n) is 8.53. The molecule has 1 atom stereocenters. The molecule has 1 aromatic carbocycles. The summed E-state index contributed by atoms with van der Waals surface area (Å²) in [4.78, 5) is 2.62. The molecule has 0 aromatic heterocycles. The normalized spacial score (nSPS) is 14.6. The van der Waals surface area contributed by atoms with Gasteiger partial charge in [0.25, 0.3) is 0 Å². The third-order valence-corrected chi connectivity index (χ3v) is 4.02. The van der Waals surface area contributed by atoms with Gasteiger partial charge in [-0.05, 0) is 31.5 Å². The van der Waals surface area contributed by atoms with Gasteiger partial charge in [-0.3, -0.25) is 0 Å². The lowest BCUT2D eigenvalue weighted by Gasteiger charge is -2.37. The van der Waals surface area contributed by atoms with Gasteiger partial charge >= 0.3 is 0 Å². The van der Waals surface area contributed by atoms with E-state index in [0.717, 1.165) is 13.1 Å². The summed E-state index contributed by atoms with van der Waals surface area (Å²) >= 11 is 0. The van der Waals surface area contributed by atoms with Crippen molar-refractivity contribution in [2.45, 2.75) is 58.9 Å². The van der Waals surface area contributed by atoms with Crippen LogP contribution in [0, 0.1) is 0 Å². The molecule has 0 saturated carbocycles. The van der Waals surface area contributed by atoms with Crippen molar-refractivity contribution in [1.82, 2.24) is 10.2 Å². The second-order valence-electron chi connectivity index (χ2n) is 6.74. The molecule has 0 saturated heterocycles. The molecule has 0 bridgehead atoms. The molecule has 1 rings (SSSR count). The van der Waals surface area contributed by atoms with E-state index in [-0.39, 0.29) is 5.41 Å². The zero-order valence-corrected chi connectivity index (χ0v) is 14.7. The van der Waals surface area contributed by atoms with Crippen molar-refractivity contribution in [3.8, 4) is 0 Å². The summed E-state index contributed by atoms with van der Waals surface area (Å²) in [6.45, 7) is 15.9. The lowest BCUT2D eigenvalue weighted by atomic mass is 9.81. The Labute approximate surface area is 131 Å². The molecule has 0 aliphatic carbocycles. The smallest absolute Gasteiger partial charge is 0.0177 e. The van der Waals surface area contributed by atoms with Gasteiger partial charge in [0.05, 0.1) is 0 Å². The van der Waals surface area contributed by atoms with Crippen LogP contribution in [-0.2, 0) is 5.41 Å². The van der Waals surface area contributed by atoms with Crippen LogP contribution >= 0.6 is 0 Å². The molecule has 0 aliphatic rings. The molecule has 1 N–H and O–H groups in total. The molecule has 0 fully saturated rings. The topological polar surface area (TPSA) is 15.3 Å². The van der Waals surface area contributed by atoms with Crippen molar-refractivity contribution < 1.29 is 0 Å². The van der Waals surface area contributed by atoms with Crippen molar-refractivity contribution in [3.05, 3.63) is 35.9 Å². The Kier molecular flexibility index (Phi) is 7.98. The first-order chi connectivity index (χ1) is 10.0. The van der Waals surface area contributed by atoms with E-state index in [4.69, 9.17) is 0 Å². The second-order valence-corrected chi connectivity index (χ2v) is 6.74. The Morgan fingerprint density at radius 2 is 1.62 bits per heavy atom. The van der Waals surface area contributed by atoms with Gasteiger partial charge in [-0.15, -0.1) is 0 Å². The zero-order chi connectivity index (χ0) is 15.7. The minimum atomic E-state index is 0.163. The summed E-state index contributed by atoms with van der Waals surface area (Å²) in [5, 5.41) is 3.65. The summed E-state index contributed by atoms with van der Waals surface area (Å²) in [5.41, 5.74) is 1.60. The first-order valence-corrected chi connectivity index (χ1v) is 8.53. The second kappa shape index (κ2) is 9.22. The highest BCUT2D eigenvalue weighted by Gasteiger charge is 2.28. The van der Waals surface area contributed by atoms with E-state index in [9.17, 15) is 0 Å². The van der Waals surface area contributed by atoms with Crippen molar-refractivity contribution in [3.63, 3.8) is 0 Å². The number of hydrogen-bond donors (Lipinski definition) is 1. The van der Waals surface area contributed by atoms with E-state index < -0.39 is 0 Å². The van der Waals surface area contributed by atoms with E-state index in [1.54, 1.807) is 0 Å². The first kappa shape index (κ1) is 18.2. The molecule has 0 amide bonds. The van der Waals surface area contributed by atoms with Gasteiger partial charge in [-0.25, -0.2) is 0 Å². The van der Waals surface area contributed by atoms with Crippen LogP contribution in [0.2, 0.25) is 0 Å². The van der Waals surface area contributed by atoms with Crippen LogP contribution in [0.1, 0.15) is 53.0 Å². The minimum Gasteiger partial charge on any atom is -0.314 e. The number of nitrogens with one attached hydrogen (secondary N) is 1. The Hall–Kier alpha value is -0.860. The van der Waals surface area contributed by atoms with Crippen molar-refractivity contribution >= 4 is 0 Å². The summed E-state index contributed by atoms with van der Waals surface area (Å²) in [7, 11) is 0. The molecule has 1 unspecified atom stereocenters. The maximum absolute atomic E-state index is 3.65. The molecule has 2 heteroatoms. The Morgan fingerprint density at radius 3 is 2.10 bits per heavy atom. The number of hydrogen-bond acceptors (Lipinski definition) is 2. The summed E-state index contributed by atoms with van der Waals surface area (Å²) in [6.07, 6.45) is 2.45. The average molecular weight is 290 g/mol. The Balaban J connectivity index is 2.89. The highest BCUT2D eigenvalue weighted by Crippen LogP contribution is 2.25. The minimum absolute atomic E-state index is 0.163. The van der Waals surface area contributed by atoms with Gasteiger partial charge in [0.15, 0.2) is 0 Å². The van der Waals surface area contributed by atoms with Crippen LogP contribution < -0.4 is 5.32 Å². The monoisotopic (exact) mass is 290 g/mol. The van der Waals surface area contributed by atoms with Gasteiger partial charge < -0.3 is 10.2 Å². The van der Waals surface area contributed by atoms with Crippen LogP contribution in [0.4, 0.5) is 0 Å². The summed E-state index contributed by atoms with van der Waals surface area (Å²) in [5.74, 6) is 0. The zero-order valence-electron chi connectivity index (χ0n) is 14.7. The van der Waals surface area contributed by atoms with E-state index in [0.29, 0.717) is 6.04 Å². The van der Waals surface area contributed by atoms with E-state index in [1.807, 2.05) is 0 Å². The van der Waals surface area contributed by atoms with E-state index >= 15 is 0 Å². The van der Waals surface area contributed by atoms with Crippen LogP contribution in [0.25, 0.3) is 0 Å². The van der Waals surface area contributed by atoms with E-state index in [1.165, 1.54) is 31.5 Å². The highest BCUT2D eigenvalue weighted by molar-refractivity contribution is 5.25. The number of nitrogens with zero attached hydrogens (tertiary/aromatic N) is 1. The van der Waals surface area contributed by atoms with Crippen molar-refractivity contribution in [2.75, 3.05) is 26.2 Å². The largest absolute Gasteiger partial charge is 0.314 e. The van der Waals surface area contributed by atoms with Crippen molar-refractivity contribution in [1.29, 1.82) is 0 Å².